The molecule has 2 aromatic carbocycles. The zero-order chi connectivity index (χ0) is 36.4. The van der Waals surface area contributed by atoms with Gasteiger partial charge in [0.15, 0.2) is 12.6 Å². The lowest BCUT2D eigenvalue weighted by Gasteiger charge is -2.42. The Morgan fingerprint density at radius 1 is 1.06 bits per heavy atom. The molecule has 2 bridgehead atoms. The molecule has 4 saturated heterocycles. The third-order valence-electron chi connectivity index (χ3n) is 10.8. The summed E-state index contributed by atoms with van der Waals surface area (Å²) in [4.78, 5) is 33.2. The molecular weight excluding hydrogens is 677 g/mol. The number of fused-ring (bicyclic) bond motifs is 5. The van der Waals surface area contributed by atoms with Gasteiger partial charge in [0.1, 0.15) is 47.0 Å². The molecule has 276 valence electrons. The van der Waals surface area contributed by atoms with Crippen LogP contribution in [0.25, 0.3) is 32.9 Å². The first-order chi connectivity index (χ1) is 24.9. The van der Waals surface area contributed by atoms with E-state index in [9.17, 15) is 9.18 Å². The van der Waals surface area contributed by atoms with Crippen LogP contribution in [0.1, 0.15) is 52.9 Å². The molecule has 6 heterocycles. The number of carbonyl (C=O) groups excluding carboxylic acids is 1. The van der Waals surface area contributed by atoms with Gasteiger partial charge in [0, 0.05) is 50.3 Å². The second-order valence-corrected chi connectivity index (χ2v) is 15.4. The van der Waals surface area contributed by atoms with Crippen molar-refractivity contribution in [3.8, 4) is 23.0 Å². The molecule has 4 atom stereocenters. The Labute approximate surface area is 300 Å². The van der Waals surface area contributed by atoms with E-state index in [0.29, 0.717) is 48.4 Å². The van der Waals surface area contributed by atoms with Crippen molar-refractivity contribution in [2.45, 2.75) is 82.3 Å². The van der Waals surface area contributed by atoms with E-state index >= 15 is 8.78 Å². The second-order valence-electron chi connectivity index (χ2n) is 15.4. The molecule has 4 aliphatic heterocycles. The molecule has 0 unspecified atom stereocenters. The number of methoxy groups -OCH3 is 1. The van der Waals surface area contributed by atoms with E-state index in [-0.39, 0.29) is 59.7 Å². The molecule has 4 aromatic rings. The number of benzene rings is 2. The fourth-order valence-electron chi connectivity index (χ4n) is 8.60. The third kappa shape index (κ3) is 6.23. The molecular formula is C38H43F3N6O5. The number of pyridine rings is 1. The molecule has 4 aliphatic rings. The van der Waals surface area contributed by atoms with Gasteiger partial charge in [-0.25, -0.2) is 18.0 Å². The summed E-state index contributed by atoms with van der Waals surface area (Å²) >= 11 is 0. The topological polar surface area (TPSA) is 102 Å². The summed E-state index contributed by atoms with van der Waals surface area (Å²) in [6, 6.07) is 7.47. The average molecular weight is 721 g/mol. The third-order valence-corrected chi connectivity index (χ3v) is 10.8. The normalized spacial score (nSPS) is 24.6. The molecule has 4 fully saturated rings. The highest BCUT2D eigenvalue weighted by atomic mass is 19.1. The zero-order valence-electron chi connectivity index (χ0n) is 29.8. The van der Waals surface area contributed by atoms with Crippen LogP contribution in [-0.4, -0.2) is 107 Å². The van der Waals surface area contributed by atoms with Gasteiger partial charge in [-0.1, -0.05) is 12.1 Å². The number of rotatable bonds is 8. The first-order valence-corrected chi connectivity index (χ1v) is 17.9. The van der Waals surface area contributed by atoms with Gasteiger partial charge in [0.2, 0.25) is 0 Å². The first kappa shape index (κ1) is 34.6. The van der Waals surface area contributed by atoms with Crippen LogP contribution >= 0.6 is 0 Å². The Hall–Kier alpha value is -4.43. The maximum absolute atomic E-state index is 17.1. The van der Waals surface area contributed by atoms with Crippen LogP contribution in [0.5, 0.6) is 11.8 Å². The number of hydrogen-bond acceptors (Lipinski definition) is 10. The molecule has 52 heavy (non-hydrogen) atoms. The Kier molecular flexibility index (Phi) is 8.80. The number of amides is 1. The summed E-state index contributed by atoms with van der Waals surface area (Å²) in [5.74, 6) is -0.548. The van der Waals surface area contributed by atoms with Crippen molar-refractivity contribution in [1.82, 2.24) is 24.8 Å². The van der Waals surface area contributed by atoms with Crippen molar-refractivity contribution in [3.63, 3.8) is 0 Å². The Morgan fingerprint density at radius 3 is 2.60 bits per heavy atom. The number of nitrogens with zero attached hydrogens (tertiary/aromatic N) is 6. The van der Waals surface area contributed by atoms with E-state index in [2.05, 4.69) is 14.9 Å². The maximum atomic E-state index is 17.1. The van der Waals surface area contributed by atoms with Crippen molar-refractivity contribution in [3.05, 3.63) is 48.2 Å². The summed E-state index contributed by atoms with van der Waals surface area (Å²) in [5.41, 5.74) is -1.09. The van der Waals surface area contributed by atoms with Crippen molar-refractivity contribution in [2.75, 3.05) is 51.6 Å². The van der Waals surface area contributed by atoms with Crippen molar-refractivity contribution in [1.29, 1.82) is 0 Å². The van der Waals surface area contributed by atoms with Crippen LogP contribution < -0.4 is 14.4 Å². The quantitative estimate of drug-likeness (QED) is 0.184. The lowest BCUT2D eigenvalue weighted by Crippen LogP contribution is -2.57. The molecule has 2 aromatic heterocycles. The van der Waals surface area contributed by atoms with E-state index in [0.717, 1.165) is 32.2 Å². The highest BCUT2D eigenvalue weighted by Crippen LogP contribution is 2.42. The molecule has 11 nitrogen and oxygen atoms in total. The Bertz CT molecular complexity index is 2020. The second kappa shape index (κ2) is 13.2. The predicted octanol–water partition coefficient (Wildman–Crippen LogP) is 6.65. The van der Waals surface area contributed by atoms with E-state index in [4.69, 9.17) is 23.9 Å². The molecule has 0 aliphatic carbocycles. The van der Waals surface area contributed by atoms with E-state index in [1.165, 1.54) is 25.4 Å². The number of aromatic nitrogens is 3. The van der Waals surface area contributed by atoms with Crippen LogP contribution in [0.4, 0.5) is 23.8 Å². The van der Waals surface area contributed by atoms with Gasteiger partial charge in [0.25, 0.3) is 0 Å². The number of anilines is 1. The summed E-state index contributed by atoms with van der Waals surface area (Å²) in [6.45, 7) is 7.65. The Morgan fingerprint density at radius 2 is 1.85 bits per heavy atom. The van der Waals surface area contributed by atoms with Gasteiger partial charge in [0.05, 0.1) is 23.0 Å². The molecule has 8 rings (SSSR count). The van der Waals surface area contributed by atoms with Gasteiger partial charge in [-0.05, 0) is 76.6 Å². The molecule has 14 heteroatoms. The Balaban J connectivity index is 1.22. The number of halogens is 3. The highest BCUT2D eigenvalue weighted by Gasteiger charge is 2.50. The average Bonchev–Trinajstić information content (AvgIpc) is 3.72. The molecule has 0 spiro atoms. The molecule has 0 saturated carbocycles. The minimum Gasteiger partial charge on any atom is -0.468 e. The number of hydrogen-bond donors (Lipinski definition) is 0. The maximum Gasteiger partial charge on any atom is 0.410 e. The van der Waals surface area contributed by atoms with Crippen molar-refractivity contribution < 1.29 is 36.9 Å². The number of alkyl halides is 1. The van der Waals surface area contributed by atoms with Crippen LogP contribution in [-0.2, 0) is 9.47 Å². The fraction of sp³-hybridized carbons (Fsp3) is 0.526. The molecule has 0 radical (unpaired) electrons. The summed E-state index contributed by atoms with van der Waals surface area (Å²) in [5, 5.41) is 1.03. The lowest BCUT2D eigenvalue weighted by molar-refractivity contribution is 0.0122. The van der Waals surface area contributed by atoms with E-state index in [1.807, 2.05) is 30.6 Å². The number of carbonyl (C=O) groups is 1. The summed E-state index contributed by atoms with van der Waals surface area (Å²) < 4.78 is 69.9. The lowest BCUT2D eigenvalue weighted by atomic mass is 9.95. The van der Waals surface area contributed by atoms with Gasteiger partial charge >= 0.3 is 12.1 Å². The van der Waals surface area contributed by atoms with Gasteiger partial charge in [-0.15, -0.1) is 0 Å². The van der Waals surface area contributed by atoms with Gasteiger partial charge in [-0.2, -0.15) is 9.97 Å². The number of ether oxygens (including phenoxy) is 4. The van der Waals surface area contributed by atoms with Crippen LogP contribution in [0.3, 0.4) is 0 Å². The van der Waals surface area contributed by atoms with Crippen molar-refractivity contribution >= 4 is 33.6 Å². The highest BCUT2D eigenvalue weighted by molar-refractivity contribution is 6.00. The zero-order valence-corrected chi connectivity index (χ0v) is 29.8. The van der Waals surface area contributed by atoms with Crippen LogP contribution in [0.15, 0.2) is 36.5 Å². The van der Waals surface area contributed by atoms with Crippen molar-refractivity contribution in [2.24, 2.45) is 0 Å². The fourth-order valence-corrected chi connectivity index (χ4v) is 8.60. The van der Waals surface area contributed by atoms with E-state index < -0.39 is 28.9 Å². The largest absolute Gasteiger partial charge is 0.468 e. The predicted molar refractivity (Wildman–Crippen MR) is 188 cm³/mol. The first-order valence-electron chi connectivity index (χ1n) is 17.9. The number of piperazine rings is 1. The smallest absolute Gasteiger partial charge is 0.410 e. The van der Waals surface area contributed by atoms with Gasteiger partial charge < -0.3 is 23.8 Å². The summed E-state index contributed by atoms with van der Waals surface area (Å²) in [7, 11) is 1.48. The summed E-state index contributed by atoms with van der Waals surface area (Å²) in [6.07, 6.45) is 3.85. The minimum absolute atomic E-state index is 0.0442. The monoisotopic (exact) mass is 720 g/mol. The SMILES string of the molecule is COCOc1cc(-c2ncc3c(N4C[C@H]5CC[C@@H](C4)N5C(=O)OC(C)(C)C)nc(OC[C@@]45CCCN4C[C@H](F)C5)nc3c2F)c2c(F)cccc2c1. The van der Waals surface area contributed by atoms with Gasteiger partial charge in [-0.3, -0.25) is 14.8 Å². The van der Waals surface area contributed by atoms with E-state index in [1.54, 1.807) is 18.2 Å². The van der Waals surface area contributed by atoms with Crippen LogP contribution in [0, 0.1) is 11.6 Å². The van der Waals surface area contributed by atoms with Crippen LogP contribution in [0.2, 0.25) is 0 Å². The molecule has 1 amide bonds. The standard InChI is InChI=1S/C38H43F3N6O5/c1-37(2,3)52-36(48)47-24-9-10-25(47)19-45(18-24)34-28-16-42-32(27-14-26(51-21-49-4)13-22-7-5-8-29(40)30(22)27)31(41)33(28)43-35(44-34)50-20-38-11-6-12-46(38)17-23(39)15-38/h5,7-8,13-14,16,23-25H,6,9-12,15,17-21H2,1-4H3/t23-,24-,25+,38+/m1/s1. The minimum atomic E-state index is -0.946. The molecule has 0 N–H and O–H groups in total.